The van der Waals surface area contributed by atoms with Crippen molar-refractivity contribution in [3.8, 4) is 0 Å². The standard InChI is InChI=1S/C17H19N7O4S/c1-9(25)19-16-20-10-4-5-23(6-11(10)29-16)12(26)7-24-8-18-14-13(24)15(27)22(3)17(28)21(14)2/h8H,4-7H2,1-3H3,(H,19,20,25). The third kappa shape index (κ3) is 3.24. The Bertz CT molecular complexity index is 1270. The predicted octanol–water partition coefficient (Wildman–Crippen LogP) is -0.566. The molecule has 0 saturated carbocycles. The number of thiazole rings is 1. The maximum Gasteiger partial charge on any atom is 0.332 e. The molecule has 152 valence electrons. The summed E-state index contributed by atoms with van der Waals surface area (Å²) in [5.74, 6) is -0.354. The van der Waals surface area contributed by atoms with Crippen molar-refractivity contribution >= 4 is 39.4 Å². The average molecular weight is 417 g/mol. The lowest BCUT2D eigenvalue weighted by atomic mass is 10.2. The molecular formula is C17H19N7O4S. The van der Waals surface area contributed by atoms with Crippen LogP contribution in [0.3, 0.4) is 0 Å². The highest BCUT2D eigenvalue weighted by Gasteiger charge is 2.25. The Balaban J connectivity index is 1.58. The lowest BCUT2D eigenvalue weighted by Gasteiger charge is -2.26. The summed E-state index contributed by atoms with van der Waals surface area (Å²) >= 11 is 1.36. The van der Waals surface area contributed by atoms with Crippen LogP contribution in [0.5, 0.6) is 0 Å². The van der Waals surface area contributed by atoms with E-state index >= 15 is 0 Å². The summed E-state index contributed by atoms with van der Waals surface area (Å²) in [6, 6.07) is 0. The lowest BCUT2D eigenvalue weighted by Crippen LogP contribution is -2.39. The number of carbonyl (C=O) groups excluding carboxylic acids is 2. The highest BCUT2D eigenvalue weighted by molar-refractivity contribution is 7.15. The Labute approximate surface area is 168 Å². The van der Waals surface area contributed by atoms with Gasteiger partial charge in [0.25, 0.3) is 5.56 Å². The fourth-order valence-electron chi connectivity index (χ4n) is 3.37. The second-order valence-corrected chi connectivity index (χ2v) is 7.97. The smallest absolute Gasteiger partial charge is 0.332 e. The zero-order chi connectivity index (χ0) is 20.9. The summed E-state index contributed by atoms with van der Waals surface area (Å²) in [4.78, 5) is 59.8. The van der Waals surface area contributed by atoms with Crippen LogP contribution < -0.4 is 16.6 Å². The van der Waals surface area contributed by atoms with Crippen LogP contribution in [0.2, 0.25) is 0 Å². The average Bonchev–Trinajstić information content (AvgIpc) is 3.26. The summed E-state index contributed by atoms with van der Waals surface area (Å²) in [6.45, 7) is 2.26. The molecule has 0 unspecified atom stereocenters. The third-order valence-electron chi connectivity index (χ3n) is 4.89. The van der Waals surface area contributed by atoms with Crippen LogP contribution >= 0.6 is 11.3 Å². The third-order valence-corrected chi connectivity index (χ3v) is 5.89. The van der Waals surface area contributed by atoms with E-state index in [1.165, 1.54) is 47.8 Å². The minimum absolute atomic E-state index is 0.0589. The number of hydrogen-bond acceptors (Lipinski definition) is 7. The van der Waals surface area contributed by atoms with Crippen molar-refractivity contribution in [1.29, 1.82) is 0 Å². The maximum atomic E-state index is 12.9. The van der Waals surface area contributed by atoms with Crippen molar-refractivity contribution in [2.45, 2.75) is 26.4 Å². The number of hydrogen-bond donors (Lipinski definition) is 1. The van der Waals surface area contributed by atoms with Crippen molar-refractivity contribution in [1.82, 2.24) is 28.6 Å². The van der Waals surface area contributed by atoms with Gasteiger partial charge in [0.15, 0.2) is 16.3 Å². The van der Waals surface area contributed by atoms with Gasteiger partial charge in [-0.1, -0.05) is 11.3 Å². The first-order chi connectivity index (χ1) is 13.8. The Morgan fingerprint density at radius 3 is 2.72 bits per heavy atom. The number of carbonyl (C=O) groups is 2. The molecule has 0 fully saturated rings. The summed E-state index contributed by atoms with van der Waals surface area (Å²) in [7, 11) is 2.93. The molecule has 3 aromatic heterocycles. The summed E-state index contributed by atoms with van der Waals surface area (Å²) in [5.41, 5.74) is 0.389. The monoisotopic (exact) mass is 417 g/mol. The highest BCUT2D eigenvalue weighted by Crippen LogP contribution is 2.28. The molecule has 1 aliphatic rings. The van der Waals surface area contributed by atoms with Crippen LogP contribution in [0.15, 0.2) is 15.9 Å². The van der Waals surface area contributed by atoms with Gasteiger partial charge in [0.1, 0.15) is 6.54 Å². The number of nitrogens with one attached hydrogen (secondary N) is 1. The number of amides is 2. The molecule has 1 aliphatic heterocycles. The number of aryl methyl sites for hydroxylation is 1. The van der Waals surface area contributed by atoms with E-state index in [9.17, 15) is 19.2 Å². The van der Waals surface area contributed by atoms with Crippen LogP contribution in [0, 0.1) is 0 Å². The zero-order valence-electron chi connectivity index (χ0n) is 16.1. The van der Waals surface area contributed by atoms with Gasteiger partial charge < -0.3 is 14.8 Å². The van der Waals surface area contributed by atoms with E-state index < -0.39 is 11.2 Å². The number of anilines is 1. The van der Waals surface area contributed by atoms with Crippen molar-refractivity contribution in [3.05, 3.63) is 37.7 Å². The first kappa shape index (κ1) is 19.1. The molecule has 0 bridgehead atoms. The maximum absolute atomic E-state index is 12.9. The second kappa shape index (κ2) is 6.95. The molecular weight excluding hydrogens is 398 g/mol. The molecule has 0 aliphatic carbocycles. The summed E-state index contributed by atoms with van der Waals surface area (Å²) in [5, 5.41) is 3.20. The fraction of sp³-hybridized carbons (Fsp3) is 0.412. The van der Waals surface area contributed by atoms with Crippen molar-refractivity contribution in [2.24, 2.45) is 14.1 Å². The van der Waals surface area contributed by atoms with Crippen LogP contribution in [0.4, 0.5) is 5.13 Å². The van der Waals surface area contributed by atoms with Crippen molar-refractivity contribution < 1.29 is 9.59 Å². The van der Waals surface area contributed by atoms with Gasteiger partial charge in [-0.2, -0.15) is 0 Å². The van der Waals surface area contributed by atoms with E-state index in [-0.39, 0.29) is 29.5 Å². The van der Waals surface area contributed by atoms with Crippen LogP contribution in [-0.4, -0.2) is 46.9 Å². The molecule has 0 atom stereocenters. The Morgan fingerprint density at radius 2 is 2.00 bits per heavy atom. The quantitative estimate of drug-likeness (QED) is 0.609. The number of fused-ring (bicyclic) bond motifs is 2. The molecule has 4 heterocycles. The van der Waals surface area contributed by atoms with Crippen LogP contribution in [0.25, 0.3) is 11.2 Å². The van der Waals surface area contributed by atoms with Gasteiger partial charge in [-0.25, -0.2) is 14.8 Å². The topological polar surface area (TPSA) is 124 Å². The minimum Gasteiger partial charge on any atom is -0.336 e. The molecule has 0 spiro atoms. The number of nitrogens with zero attached hydrogens (tertiary/aromatic N) is 6. The van der Waals surface area contributed by atoms with E-state index in [2.05, 4.69) is 15.3 Å². The van der Waals surface area contributed by atoms with E-state index in [4.69, 9.17) is 0 Å². The molecule has 4 rings (SSSR count). The molecule has 29 heavy (non-hydrogen) atoms. The Hall–Kier alpha value is -3.28. The molecule has 12 heteroatoms. The first-order valence-electron chi connectivity index (χ1n) is 8.91. The molecule has 0 saturated heterocycles. The second-order valence-electron chi connectivity index (χ2n) is 6.89. The van der Waals surface area contributed by atoms with Crippen molar-refractivity contribution in [3.63, 3.8) is 0 Å². The van der Waals surface area contributed by atoms with E-state index in [0.717, 1.165) is 15.1 Å². The highest BCUT2D eigenvalue weighted by atomic mass is 32.1. The van der Waals surface area contributed by atoms with Gasteiger partial charge in [-0.3, -0.25) is 23.5 Å². The minimum atomic E-state index is -0.489. The van der Waals surface area contributed by atoms with Gasteiger partial charge in [0.2, 0.25) is 11.8 Å². The predicted molar refractivity (Wildman–Crippen MR) is 106 cm³/mol. The van der Waals surface area contributed by atoms with Crippen molar-refractivity contribution in [2.75, 3.05) is 11.9 Å². The molecule has 0 radical (unpaired) electrons. The largest absolute Gasteiger partial charge is 0.336 e. The molecule has 0 aromatic carbocycles. The molecule has 1 N–H and O–H groups in total. The van der Waals surface area contributed by atoms with E-state index in [0.29, 0.717) is 24.6 Å². The van der Waals surface area contributed by atoms with E-state index in [1.54, 1.807) is 4.90 Å². The van der Waals surface area contributed by atoms with Gasteiger partial charge in [0.05, 0.1) is 18.6 Å². The van der Waals surface area contributed by atoms with Crippen LogP contribution in [0.1, 0.15) is 17.5 Å². The Kier molecular flexibility index (Phi) is 4.57. The molecule has 3 aromatic rings. The van der Waals surface area contributed by atoms with Gasteiger partial charge in [0, 0.05) is 38.9 Å². The number of imidazole rings is 1. The van der Waals surface area contributed by atoms with Gasteiger partial charge in [-0.15, -0.1) is 0 Å². The SMILES string of the molecule is CC(=O)Nc1nc2c(s1)CN(C(=O)Cn1cnc3c1c(=O)n(C)c(=O)n3C)CC2. The van der Waals surface area contributed by atoms with Gasteiger partial charge in [-0.05, 0) is 0 Å². The molecule has 11 nitrogen and oxygen atoms in total. The zero-order valence-corrected chi connectivity index (χ0v) is 16.9. The first-order valence-corrected chi connectivity index (χ1v) is 9.72. The lowest BCUT2D eigenvalue weighted by molar-refractivity contribution is -0.132. The fourth-order valence-corrected chi connectivity index (χ4v) is 4.44. The van der Waals surface area contributed by atoms with Gasteiger partial charge >= 0.3 is 5.69 Å². The normalized spacial score (nSPS) is 13.6. The van der Waals surface area contributed by atoms with E-state index in [1.807, 2.05) is 0 Å². The number of rotatable bonds is 3. The summed E-state index contributed by atoms with van der Waals surface area (Å²) < 4.78 is 3.76. The number of aromatic nitrogens is 5. The van der Waals surface area contributed by atoms with Crippen LogP contribution in [-0.2, 0) is 43.2 Å². The molecule has 2 amide bonds. The summed E-state index contributed by atoms with van der Waals surface area (Å²) in [6.07, 6.45) is 2.00. The Morgan fingerprint density at radius 1 is 1.24 bits per heavy atom.